The van der Waals surface area contributed by atoms with Crippen LogP contribution >= 0.6 is 0 Å². The van der Waals surface area contributed by atoms with Crippen molar-refractivity contribution in [1.29, 1.82) is 0 Å². The van der Waals surface area contributed by atoms with Crippen LogP contribution in [0.3, 0.4) is 0 Å². The number of nitrogens with one attached hydrogen (secondary N) is 2. The fraction of sp³-hybridized carbons (Fsp3) is 0.391. The van der Waals surface area contributed by atoms with Gasteiger partial charge in [-0.3, -0.25) is 10.1 Å². The summed E-state index contributed by atoms with van der Waals surface area (Å²) in [5.74, 6) is -1.78. The van der Waals surface area contributed by atoms with Crippen molar-refractivity contribution in [3.8, 4) is 11.5 Å². The summed E-state index contributed by atoms with van der Waals surface area (Å²) in [6.07, 6.45) is -5.08. The molecule has 0 aliphatic heterocycles. The van der Waals surface area contributed by atoms with Gasteiger partial charge in [0.25, 0.3) is 11.6 Å². The van der Waals surface area contributed by atoms with Crippen LogP contribution in [-0.4, -0.2) is 50.6 Å². The van der Waals surface area contributed by atoms with E-state index in [1.54, 1.807) is 36.5 Å². The molecule has 0 radical (unpaired) electrons. The second-order valence-electron chi connectivity index (χ2n) is 6.88. The second-order valence-corrected chi connectivity index (χ2v) is 6.88. The molecule has 1 atom stereocenters. The zero-order chi connectivity index (χ0) is 24.5. The highest BCUT2D eigenvalue weighted by atomic mass is 19.4. The van der Waals surface area contributed by atoms with Gasteiger partial charge in [-0.25, -0.2) is 4.79 Å². The van der Waals surface area contributed by atoms with E-state index in [9.17, 15) is 22.8 Å². The van der Waals surface area contributed by atoms with Crippen LogP contribution in [0.1, 0.15) is 29.8 Å². The molecule has 7 nitrogen and oxygen atoms in total. The maximum absolute atomic E-state index is 14.1. The molecule has 0 saturated carbocycles. The van der Waals surface area contributed by atoms with Crippen LogP contribution < -0.4 is 20.1 Å². The molecule has 0 aromatic heterocycles. The predicted octanol–water partition coefficient (Wildman–Crippen LogP) is 3.48. The first-order valence-electron chi connectivity index (χ1n) is 10.3. The molecule has 0 aliphatic carbocycles. The molecule has 0 spiro atoms. The third kappa shape index (κ3) is 6.38. The Hall–Kier alpha value is -3.27. The lowest BCUT2D eigenvalue weighted by atomic mass is 10.1. The Morgan fingerprint density at radius 2 is 1.58 bits per heavy atom. The molecular weight excluding hydrogens is 441 g/mol. The minimum atomic E-state index is -5.18. The minimum absolute atomic E-state index is 0.0373. The highest BCUT2D eigenvalue weighted by molar-refractivity contribution is 5.98. The van der Waals surface area contributed by atoms with E-state index < -0.39 is 23.7 Å². The van der Waals surface area contributed by atoms with E-state index >= 15 is 0 Å². The van der Waals surface area contributed by atoms with E-state index in [-0.39, 0.29) is 18.5 Å². The fourth-order valence-electron chi connectivity index (χ4n) is 3.08. The number of halogens is 3. The topological polar surface area (TPSA) is 85.9 Å². The van der Waals surface area contributed by atoms with Gasteiger partial charge in [-0.2, -0.15) is 13.2 Å². The Labute approximate surface area is 190 Å². The number of hydrogen-bond acceptors (Lipinski definition) is 6. The minimum Gasteiger partial charge on any atom is -0.490 e. The van der Waals surface area contributed by atoms with Gasteiger partial charge in [0.2, 0.25) is 0 Å². The third-order valence-corrected chi connectivity index (χ3v) is 4.67. The molecule has 0 saturated heterocycles. The average Bonchev–Trinajstić information content (AvgIpc) is 2.79. The maximum Gasteiger partial charge on any atom is 0.436 e. The molecule has 180 valence electrons. The number of hydrogen-bond donors (Lipinski definition) is 2. The Morgan fingerprint density at radius 1 is 0.939 bits per heavy atom. The summed E-state index contributed by atoms with van der Waals surface area (Å²) in [7, 11) is 0.819. The molecule has 1 amide bonds. The number of alkyl halides is 3. The molecule has 2 aromatic rings. The molecule has 0 heterocycles. The van der Waals surface area contributed by atoms with Gasteiger partial charge < -0.3 is 19.5 Å². The van der Waals surface area contributed by atoms with Crippen molar-refractivity contribution in [2.75, 3.05) is 26.9 Å². The van der Waals surface area contributed by atoms with Gasteiger partial charge in [-0.15, -0.1) is 0 Å². The number of methoxy groups -OCH3 is 1. The van der Waals surface area contributed by atoms with Crippen molar-refractivity contribution >= 4 is 11.9 Å². The number of ether oxygens (including phenoxy) is 3. The smallest absolute Gasteiger partial charge is 0.436 e. The molecule has 0 fully saturated rings. The molecule has 0 unspecified atom stereocenters. The number of esters is 1. The van der Waals surface area contributed by atoms with Gasteiger partial charge in [-0.05, 0) is 50.1 Å². The van der Waals surface area contributed by atoms with Gasteiger partial charge in [0.1, 0.15) is 0 Å². The van der Waals surface area contributed by atoms with Crippen molar-refractivity contribution in [3.63, 3.8) is 0 Å². The fourth-order valence-corrected chi connectivity index (χ4v) is 3.08. The van der Waals surface area contributed by atoms with Crippen LogP contribution in [0.2, 0.25) is 0 Å². The number of benzene rings is 2. The van der Waals surface area contributed by atoms with Crippen LogP contribution in [0.5, 0.6) is 11.5 Å². The van der Waals surface area contributed by atoms with E-state index in [0.717, 1.165) is 7.11 Å². The van der Waals surface area contributed by atoms with Crippen molar-refractivity contribution in [2.45, 2.75) is 32.1 Å². The third-order valence-electron chi connectivity index (χ3n) is 4.67. The van der Waals surface area contributed by atoms with Gasteiger partial charge >= 0.3 is 12.1 Å². The zero-order valence-corrected chi connectivity index (χ0v) is 18.6. The first-order valence-corrected chi connectivity index (χ1v) is 10.3. The molecule has 33 heavy (non-hydrogen) atoms. The molecule has 2 rings (SSSR count). The summed E-state index contributed by atoms with van der Waals surface area (Å²) >= 11 is 0. The van der Waals surface area contributed by atoms with Crippen LogP contribution in [0.25, 0.3) is 0 Å². The van der Waals surface area contributed by atoms with Crippen molar-refractivity contribution < 1.29 is 37.0 Å². The summed E-state index contributed by atoms with van der Waals surface area (Å²) in [5.41, 5.74) is -2.82. The maximum atomic E-state index is 14.1. The Morgan fingerprint density at radius 3 is 2.15 bits per heavy atom. The van der Waals surface area contributed by atoms with Crippen LogP contribution in [-0.2, 0) is 16.0 Å². The summed E-state index contributed by atoms with van der Waals surface area (Å²) in [5, 5.41) is 3.95. The standard InChI is InChI=1S/C23H27F3N2O5/c1-4-32-18-12-11-16(15-19(18)33-5-2)13-14-27-22(21(30)31-3,23(24,25)26)28-20(29)17-9-7-6-8-10-17/h6-12,15,27H,4-5,13-14H2,1-3H3,(H,28,29)/t22-/m1/s1. The normalized spacial score (nSPS) is 13.0. The number of carbonyl (C=O) groups excluding carboxylic acids is 2. The first kappa shape index (κ1) is 26.0. The second kappa shape index (κ2) is 11.6. The van der Waals surface area contributed by atoms with Gasteiger partial charge in [0, 0.05) is 12.1 Å². The van der Waals surface area contributed by atoms with E-state index in [1.165, 1.54) is 24.3 Å². The van der Waals surface area contributed by atoms with Crippen molar-refractivity contribution in [2.24, 2.45) is 0 Å². The van der Waals surface area contributed by atoms with Crippen molar-refractivity contribution in [1.82, 2.24) is 10.6 Å². The van der Waals surface area contributed by atoms with E-state index in [4.69, 9.17) is 9.47 Å². The molecule has 2 aromatic carbocycles. The summed E-state index contributed by atoms with van der Waals surface area (Å²) in [6, 6.07) is 12.3. The van der Waals surface area contributed by atoms with Crippen molar-refractivity contribution in [3.05, 3.63) is 59.7 Å². The van der Waals surface area contributed by atoms with Crippen LogP contribution in [0, 0.1) is 0 Å². The largest absolute Gasteiger partial charge is 0.490 e. The molecule has 0 bridgehead atoms. The number of carbonyl (C=O) groups is 2. The lowest BCUT2D eigenvalue weighted by Crippen LogP contribution is -2.72. The van der Waals surface area contributed by atoms with Crippen LogP contribution in [0.4, 0.5) is 13.2 Å². The van der Waals surface area contributed by atoms with E-state index in [1.807, 2.05) is 6.92 Å². The van der Waals surface area contributed by atoms with Gasteiger partial charge in [0.05, 0.1) is 20.3 Å². The summed E-state index contributed by atoms with van der Waals surface area (Å²) < 4.78 is 57.7. The van der Waals surface area contributed by atoms with E-state index in [0.29, 0.717) is 30.3 Å². The summed E-state index contributed by atoms with van der Waals surface area (Å²) in [4.78, 5) is 24.8. The molecule has 0 aliphatic rings. The number of rotatable bonds is 11. The highest BCUT2D eigenvalue weighted by Gasteiger charge is 2.62. The lowest BCUT2D eigenvalue weighted by molar-refractivity contribution is -0.217. The monoisotopic (exact) mass is 468 g/mol. The zero-order valence-electron chi connectivity index (χ0n) is 18.6. The highest BCUT2D eigenvalue weighted by Crippen LogP contribution is 2.31. The van der Waals surface area contributed by atoms with Crippen LogP contribution in [0.15, 0.2) is 48.5 Å². The quantitative estimate of drug-likeness (QED) is 0.388. The Balaban J connectivity index is 2.26. The van der Waals surface area contributed by atoms with Gasteiger partial charge in [-0.1, -0.05) is 24.3 Å². The Kier molecular flexibility index (Phi) is 9.10. The van der Waals surface area contributed by atoms with Gasteiger partial charge in [0.15, 0.2) is 11.5 Å². The molecular formula is C23H27F3N2O5. The first-order chi connectivity index (χ1) is 15.7. The SMILES string of the molecule is CCOc1ccc(CCN[C@@](NC(=O)c2ccccc2)(C(=O)OC)C(F)(F)F)cc1OCC. The molecule has 2 N–H and O–H groups in total. The summed E-state index contributed by atoms with van der Waals surface area (Å²) in [6.45, 7) is 4.12. The molecule has 10 heteroatoms. The number of amides is 1. The van der Waals surface area contributed by atoms with E-state index in [2.05, 4.69) is 10.1 Å². The average molecular weight is 468 g/mol. The lowest BCUT2D eigenvalue weighted by Gasteiger charge is -2.34. The Bertz CT molecular complexity index is 937. The predicted molar refractivity (Wildman–Crippen MR) is 115 cm³/mol.